The Kier molecular flexibility index (Phi) is 7.70. The van der Waals surface area contributed by atoms with Gasteiger partial charge in [-0.2, -0.15) is 0 Å². The van der Waals surface area contributed by atoms with Crippen LogP contribution in [-0.4, -0.2) is 51.7 Å². The molecule has 0 aliphatic heterocycles. The van der Waals surface area contributed by atoms with Crippen molar-refractivity contribution in [1.29, 1.82) is 0 Å². The molecule has 0 aliphatic carbocycles. The molecule has 0 aromatic carbocycles. The molecule has 0 saturated carbocycles. The molecule has 130 valence electrons. The lowest BCUT2D eigenvalue weighted by Crippen LogP contribution is -2.27. The number of nitrogens with one attached hydrogen (secondary N) is 1. The first-order chi connectivity index (χ1) is 11.8. The van der Waals surface area contributed by atoms with Gasteiger partial charge in [0.2, 0.25) is 5.91 Å². The normalized spacial score (nSPS) is 10.8. The van der Waals surface area contributed by atoms with Crippen molar-refractivity contribution in [3.8, 4) is 11.4 Å². The lowest BCUT2D eigenvalue weighted by molar-refractivity contribution is -0.118. The van der Waals surface area contributed by atoms with Crippen molar-refractivity contribution < 1.29 is 9.53 Å². The van der Waals surface area contributed by atoms with Gasteiger partial charge in [-0.15, -0.1) is 10.2 Å². The molecule has 0 atom stereocenters. The zero-order valence-electron chi connectivity index (χ0n) is 14.1. The van der Waals surface area contributed by atoms with Crippen molar-refractivity contribution in [2.75, 3.05) is 26.0 Å². The molecule has 7 nitrogen and oxygen atoms in total. The fourth-order valence-corrected chi connectivity index (χ4v) is 2.96. The van der Waals surface area contributed by atoms with Crippen molar-refractivity contribution in [1.82, 2.24) is 25.1 Å². The summed E-state index contributed by atoms with van der Waals surface area (Å²) < 4.78 is 7.01. The first-order valence-electron chi connectivity index (χ1n) is 7.98. The smallest absolute Gasteiger partial charge is 0.230 e. The number of hydrogen-bond acceptors (Lipinski definition) is 6. The molecule has 1 amide bonds. The Morgan fingerprint density at radius 1 is 1.33 bits per heavy atom. The van der Waals surface area contributed by atoms with Crippen LogP contribution in [-0.2, 0) is 16.1 Å². The number of aromatic nitrogens is 4. The van der Waals surface area contributed by atoms with Crippen LogP contribution in [0.25, 0.3) is 11.4 Å². The standard InChI is InChI=1S/C16H23N5O2S/c1-3-10-21-15(13-5-8-17-9-6-13)19-20-16(21)24-12-14(22)18-7-4-11-23-2/h5-6,8-9H,3-4,7,10-12H2,1-2H3,(H,18,22). The second kappa shape index (κ2) is 10.0. The van der Waals surface area contributed by atoms with Crippen LogP contribution in [0.5, 0.6) is 0 Å². The van der Waals surface area contributed by atoms with Gasteiger partial charge in [0.15, 0.2) is 11.0 Å². The van der Waals surface area contributed by atoms with Crippen LogP contribution in [0.15, 0.2) is 29.7 Å². The molecule has 0 spiro atoms. The van der Waals surface area contributed by atoms with Crippen molar-refractivity contribution >= 4 is 17.7 Å². The van der Waals surface area contributed by atoms with Gasteiger partial charge in [-0.25, -0.2) is 0 Å². The number of ether oxygens (including phenoxy) is 1. The Hall–Kier alpha value is -1.93. The van der Waals surface area contributed by atoms with Crippen molar-refractivity contribution in [3.05, 3.63) is 24.5 Å². The molecule has 8 heteroatoms. The summed E-state index contributed by atoms with van der Waals surface area (Å²) in [5.41, 5.74) is 0.974. The first-order valence-corrected chi connectivity index (χ1v) is 8.96. The van der Waals surface area contributed by atoms with E-state index in [1.165, 1.54) is 11.8 Å². The van der Waals surface area contributed by atoms with Gasteiger partial charge >= 0.3 is 0 Å². The quantitative estimate of drug-likeness (QED) is 0.522. The number of carbonyl (C=O) groups excluding carboxylic acids is 1. The van der Waals surface area contributed by atoms with Gasteiger partial charge in [0.1, 0.15) is 0 Å². The number of hydrogen-bond donors (Lipinski definition) is 1. The summed E-state index contributed by atoms with van der Waals surface area (Å²) in [7, 11) is 1.65. The van der Waals surface area contributed by atoms with E-state index in [4.69, 9.17) is 4.74 Å². The molecule has 2 aromatic heterocycles. The van der Waals surface area contributed by atoms with E-state index < -0.39 is 0 Å². The fraction of sp³-hybridized carbons (Fsp3) is 0.500. The lowest BCUT2D eigenvalue weighted by Gasteiger charge is -2.09. The molecule has 1 N–H and O–H groups in total. The highest BCUT2D eigenvalue weighted by atomic mass is 32.2. The average molecular weight is 349 g/mol. The van der Waals surface area contributed by atoms with Crippen molar-refractivity contribution in [2.45, 2.75) is 31.5 Å². The monoisotopic (exact) mass is 349 g/mol. The number of rotatable bonds is 10. The van der Waals surface area contributed by atoms with E-state index in [2.05, 4.69) is 32.0 Å². The van der Waals surface area contributed by atoms with Crippen LogP contribution in [0.1, 0.15) is 19.8 Å². The maximum Gasteiger partial charge on any atom is 0.230 e. The number of nitrogens with zero attached hydrogens (tertiary/aromatic N) is 4. The van der Waals surface area contributed by atoms with Crippen LogP contribution >= 0.6 is 11.8 Å². The van der Waals surface area contributed by atoms with Gasteiger partial charge < -0.3 is 14.6 Å². The van der Waals surface area contributed by atoms with E-state index in [1.807, 2.05) is 12.1 Å². The molecular formula is C16H23N5O2S. The Morgan fingerprint density at radius 2 is 2.12 bits per heavy atom. The highest BCUT2D eigenvalue weighted by Crippen LogP contribution is 2.23. The molecule has 2 aromatic rings. The summed E-state index contributed by atoms with van der Waals surface area (Å²) in [6.07, 6.45) is 5.25. The highest BCUT2D eigenvalue weighted by molar-refractivity contribution is 7.99. The third kappa shape index (κ3) is 5.31. The van der Waals surface area contributed by atoms with Crippen LogP contribution in [0, 0.1) is 0 Å². The van der Waals surface area contributed by atoms with Gasteiger partial charge in [-0.05, 0) is 25.0 Å². The van der Waals surface area contributed by atoms with Crippen LogP contribution < -0.4 is 5.32 Å². The minimum Gasteiger partial charge on any atom is -0.385 e. The average Bonchev–Trinajstić information content (AvgIpc) is 3.01. The van der Waals surface area contributed by atoms with E-state index in [0.717, 1.165) is 35.9 Å². The van der Waals surface area contributed by atoms with E-state index in [-0.39, 0.29) is 5.91 Å². The van der Waals surface area contributed by atoms with Gasteiger partial charge in [-0.3, -0.25) is 9.78 Å². The molecule has 24 heavy (non-hydrogen) atoms. The second-order valence-electron chi connectivity index (χ2n) is 5.18. The summed E-state index contributed by atoms with van der Waals surface area (Å²) in [4.78, 5) is 15.9. The Balaban J connectivity index is 1.98. The zero-order chi connectivity index (χ0) is 17.2. The van der Waals surface area contributed by atoms with Crippen molar-refractivity contribution in [2.24, 2.45) is 0 Å². The summed E-state index contributed by atoms with van der Waals surface area (Å²) in [6, 6.07) is 3.82. The molecule has 2 rings (SSSR count). The predicted octanol–water partition coefficient (Wildman–Crippen LogP) is 1.99. The zero-order valence-corrected chi connectivity index (χ0v) is 14.9. The minimum absolute atomic E-state index is 0.00684. The van der Waals surface area contributed by atoms with Crippen LogP contribution in [0.4, 0.5) is 0 Å². The summed E-state index contributed by atoms with van der Waals surface area (Å²) >= 11 is 1.40. The third-order valence-electron chi connectivity index (χ3n) is 3.28. The second-order valence-corrected chi connectivity index (χ2v) is 6.12. The molecule has 0 saturated heterocycles. The molecule has 0 fully saturated rings. The number of thioether (sulfide) groups is 1. The topological polar surface area (TPSA) is 81.9 Å². The molecule has 2 heterocycles. The third-order valence-corrected chi connectivity index (χ3v) is 4.25. The lowest BCUT2D eigenvalue weighted by atomic mass is 10.2. The number of methoxy groups -OCH3 is 1. The van der Waals surface area contributed by atoms with E-state index in [1.54, 1.807) is 19.5 Å². The number of pyridine rings is 1. The molecule has 0 radical (unpaired) electrons. The van der Waals surface area contributed by atoms with Gasteiger partial charge in [0.05, 0.1) is 5.75 Å². The summed E-state index contributed by atoms with van der Waals surface area (Å²) in [5.74, 6) is 1.13. The predicted molar refractivity (Wildman–Crippen MR) is 93.8 cm³/mol. The number of amides is 1. The van der Waals surface area contributed by atoms with E-state index >= 15 is 0 Å². The van der Waals surface area contributed by atoms with Gasteiger partial charge in [0, 0.05) is 44.8 Å². The van der Waals surface area contributed by atoms with Gasteiger partial charge in [0.25, 0.3) is 0 Å². The van der Waals surface area contributed by atoms with Crippen LogP contribution in [0.3, 0.4) is 0 Å². The molecule has 0 bridgehead atoms. The summed E-state index contributed by atoms with van der Waals surface area (Å²) in [5, 5.41) is 12.2. The molecule has 0 aliphatic rings. The fourth-order valence-electron chi connectivity index (χ4n) is 2.16. The Labute approximate surface area is 146 Å². The van der Waals surface area contributed by atoms with Crippen LogP contribution in [0.2, 0.25) is 0 Å². The first kappa shape index (κ1) is 18.4. The molecular weight excluding hydrogens is 326 g/mol. The maximum atomic E-state index is 11.9. The summed E-state index contributed by atoms with van der Waals surface area (Å²) in [6.45, 7) is 4.18. The maximum absolute atomic E-state index is 11.9. The number of carbonyl (C=O) groups is 1. The van der Waals surface area contributed by atoms with Crippen molar-refractivity contribution in [3.63, 3.8) is 0 Å². The Bertz CT molecular complexity index is 633. The molecule has 0 unspecified atom stereocenters. The largest absolute Gasteiger partial charge is 0.385 e. The minimum atomic E-state index is -0.00684. The van der Waals surface area contributed by atoms with E-state index in [0.29, 0.717) is 18.9 Å². The Morgan fingerprint density at radius 3 is 2.83 bits per heavy atom. The highest BCUT2D eigenvalue weighted by Gasteiger charge is 2.14. The van der Waals surface area contributed by atoms with Gasteiger partial charge in [-0.1, -0.05) is 18.7 Å². The SMILES string of the molecule is CCCn1c(SCC(=O)NCCCOC)nnc1-c1ccncc1. The van der Waals surface area contributed by atoms with E-state index in [9.17, 15) is 4.79 Å².